The first kappa shape index (κ1) is 14.6. The molecule has 2 N–H and O–H groups in total. The second kappa shape index (κ2) is 7.13. The number of nitrogens with two attached hydrogens (primary N) is 1. The van der Waals surface area contributed by atoms with Crippen LogP contribution in [0.2, 0.25) is 0 Å². The number of nitrogens with zero attached hydrogens (tertiary/aromatic N) is 3. The molecule has 108 valence electrons. The standard InChI is InChI=1S/C15H22N4O/c1-20-15-11-13(12-17)3-4-14(15)19-9-7-18(8-10-19)6-2-5-16/h3-4,11H,2,5-10,16H2,1H3. The van der Waals surface area contributed by atoms with Crippen molar-refractivity contribution in [3.8, 4) is 11.8 Å². The van der Waals surface area contributed by atoms with E-state index in [-0.39, 0.29) is 0 Å². The lowest BCUT2D eigenvalue weighted by molar-refractivity contribution is 0.255. The SMILES string of the molecule is COc1cc(C#N)ccc1N1CCN(CCCN)CC1. The Hall–Kier alpha value is -1.77. The summed E-state index contributed by atoms with van der Waals surface area (Å²) in [5.41, 5.74) is 7.26. The number of anilines is 1. The molecule has 1 heterocycles. The van der Waals surface area contributed by atoms with Gasteiger partial charge >= 0.3 is 0 Å². The highest BCUT2D eigenvalue weighted by Crippen LogP contribution is 2.29. The average molecular weight is 274 g/mol. The van der Waals surface area contributed by atoms with Gasteiger partial charge in [-0.05, 0) is 31.6 Å². The van der Waals surface area contributed by atoms with Crippen LogP contribution in [-0.4, -0.2) is 51.3 Å². The highest BCUT2D eigenvalue weighted by Gasteiger charge is 2.19. The summed E-state index contributed by atoms with van der Waals surface area (Å²) in [6.07, 6.45) is 1.06. The van der Waals surface area contributed by atoms with Crippen molar-refractivity contribution in [1.82, 2.24) is 4.90 Å². The number of nitriles is 1. The monoisotopic (exact) mass is 274 g/mol. The number of ether oxygens (including phenoxy) is 1. The predicted octanol–water partition coefficient (Wildman–Crippen LogP) is 1.04. The lowest BCUT2D eigenvalue weighted by Crippen LogP contribution is -2.47. The fraction of sp³-hybridized carbons (Fsp3) is 0.533. The van der Waals surface area contributed by atoms with Gasteiger partial charge in [0.05, 0.1) is 24.4 Å². The van der Waals surface area contributed by atoms with Crippen molar-refractivity contribution >= 4 is 5.69 Å². The molecule has 1 fully saturated rings. The molecule has 0 spiro atoms. The van der Waals surface area contributed by atoms with E-state index in [4.69, 9.17) is 15.7 Å². The molecule has 1 aromatic carbocycles. The Morgan fingerprint density at radius 1 is 1.30 bits per heavy atom. The maximum absolute atomic E-state index is 8.94. The van der Waals surface area contributed by atoms with Crippen LogP contribution in [-0.2, 0) is 0 Å². The highest BCUT2D eigenvalue weighted by molar-refractivity contribution is 5.61. The molecule has 0 unspecified atom stereocenters. The Morgan fingerprint density at radius 3 is 2.65 bits per heavy atom. The maximum Gasteiger partial charge on any atom is 0.143 e. The largest absolute Gasteiger partial charge is 0.495 e. The normalized spacial score (nSPS) is 15.9. The van der Waals surface area contributed by atoms with E-state index in [1.54, 1.807) is 13.2 Å². The van der Waals surface area contributed by atoms with Gasteiger partial charge in [0.1, 0.15) is 5.75 Å². The van der Waals surface area contributed by atoms with E-state index in [1.165, 1.54) is 0 Å². The van der Waals surface area contributed by atoms with Crippen molar-refractivity contribution in [2.24, 2.45) is 5.73 Å². The van der Waals surface area contributed by atoms with Gasteiger partial charge in [-0.3, -0.25) is 4.90 Å². The van der Waals surface area contributed by atoms with Gasteiger partial charge in [-0.1, -0.05) is 0 Å². The van der Waals surface area contributed by atoms with Gasteiger partial charge in [0.25, 0.3) is 0 Å². The molecule has 0 atom stereocenters. The van der Waals surface area contributed by atoms with Crippen molar-refractivity contribution in [2.45, 2.75) is 6.42 Å². The van der Waals surface area contributed by atoms with Crippen molar-refractivity contribution in [3.63, 3.8) is 0 Å². The molecule has 20 heavy (non-hydrogen) atoms. The average Bonchev–Trinajstić information content (AvgIpc) is 2.52. The third-order valence-electron chi connectivity index (χ3n) is 3.70. The maximum atomic E-state index is 8.94. The van der Waals surface area contributed by atoms with Gasteiger partial charge in [-0.15, -0.1) is 0 Å². The second-order valence-electron chi connectivity index (χ2n) is 4.97. The summed E-state index contributed by atoms with van der Waals surface area (Å²) in [6.45, 7) is 5.88. The number of hydrogen-bond acceptors (Lipinski definition) is 5. The van der Waals surface area contributed by atoms with Crippen LogP contribution in [0.4, 0.5) is 5.69 Å². The zero-order valence-electron chi connectivity index (χ0n) is 12.0. The van der Waals surface area contributed by atoms with Crippen LogP contribution in [0.1, 0.15) is 12.0 Å². The van der Waals surface area contributed by atoms with Crippen LogP contribution in [0.15, 0.2) is 18.2 Å². The summed E-state index contributed by atoms with van der Waals surface area (Å²) < 4.78 is 5.41. The summed E-state index contributed by atoms with van der Waals surface area (Å²) in [5.74, 6) is 0.777. The lowest BCUT2D eigenvalue weighted by Gasteiger charge is -2.36. The predicted molar refractivity (Wildman–Crippen MR) is 80.0 cm³/mol. The quantitative estimate of drug-likeness (QED) is 0.869. The number of hydrogen-bond donors (Lipinski definition) is 1. The fourth-order valence-electron chi connectivity index (χ4n) is 2.54. The van der Waals surface area contributed by atoms with Crippen LogP contribution in [0, 0.1) is 11.3 Å². The summed E-state index contributed by atoms with van der Waals surface area (Å²) >= 11 is 0. The zero-order chi connectivity index (χ0) is 14.4. The number of piperazine rings is 1. The van der Waals surface area contributed by atoms with Crippen molar-refractivity contribution in [3.05, 3.63) is 23.8 Å². The Balaban J connectivity index is 2.01. The molecule has 5 nitrogen and oxygen atoms in total. The molecule has 0 bridgehead atoms. The first-order valence-electron chi connectivity index (χ1n) is 7.04. The van der Waals surface area contributed by atoms with Crippen LogP contribution in [0.5, 0.6) is 5.75 Å². The summed E-state index contributed by atoms with van der Waals surface area (Å²) in [4.78, 5) is 4.76. The van der Waals surface area contributed by atoms with E-state index in [2.05, 4.69) is 15.9 Å². The summed E-state index contributed by atoms with van der Waals surface area (Å²) in [6, 6.07) is 7.77. The number of rotatable bonds is 5. The molecule has 5 heteroatoms. The minimum Gasteiger partial charge on any atom is -0.495 e. The summed E-state index contributed by atoms with van der Waals surface area (Å²) in [7, 11) is 1.65. The van der Waals surface area contributed by atoms with E-state index in [0.29, 0.717) is 5.56 Å². The van der Waals surface area contributed by atoms with Crippen molar-refractivity contribution in [1.29, 1.82) is 5.26 Å². The Labute approximate surface area is 120 Å². The van der Waals surface area contributed by atoms with E-state index < -0.39 is 0 Å². The third-order valence-corrected chi connectivity index (χ3v) is 3.70. The van der Waals surface area contributed by atoms with Gasteiger partial charge in [0.15, 0.2) is 0 Å². The van der Waals surface area contributed by atoms with Crippen LogP contribution < -0.4 is 15.4 Å². The molecule has 0 radical (unpaired) electrons. The molecule has 0 aliphatic carbocycles. The molecule has 1 aliphatic rings. The smallest absolute Gasteiger partial charge is 0.143 e. The zero-order valence-corrected chi connectivity index (χ0v) is 12.0. The highest BCUT2D eigenvalue weighted by atomic mass is 16.5. The van der Waals surface area contributed by atoms with Crippen molar-refractivity contribution in [2.75, 3.05) is 51.3 Å². The van der Waals surface area contributed by atoms with E-state index in [0.717, 1.165) is 57.1 Å². The van der Waals surface area contributed by atoms with Gasteiger partial charge in [-0.2, -0.15) is 5.26 Å². The Morgan fingerprint density at radius 2 is 2.05 bits per heavy atom. The molecule has 0 saturated carbocycles. The third kappa shape index (κ3) is 3.41. The van der Waals surface area contributed by atoms with Crippen LogP contribution >= 0.6 is 0 Å². The molecule has 1 aromatic rings. The molecule has 2 rings (SSSR count). The Bertz CT molecular complexity index is 475. The van der Waals surface area contributed by atoms with Crippen molar-refractivity contribution < 1.29 is 4.74 Å². The van der Waals surface area contributed by atoms with E-state index in [9.17, 15) is 0 Å². The molecule has 0 aromatic heterocycles. The second-order valence-corrected chi connectivity index (χ2v) is 4.97. The first-order valence-corrected chi connectivity index (χ1v) is 7.04. The fourth-order valence-corrected chi connectivity index (χ4v) is 2.54. The molecule has 1 saturated heterocycles. The molecule has 1 aliphatic heterocycles. The van der Waals surface area contributed by atoms with E-state index >= 15 is 0 Å². The van der Waals surface area contributed by atoms with Crippen LogP contribution in [0.25, 0.3) is 0 Å². The van der Waals surface area contributed by atoms with Gasteiger partial charge in [0.2, 0.25) is 0 Å². The molecule has 0 amide bonds. The van der Waals surface area contributed by atoms with Gasteiger partial charge in [0, 0.05) is 32.2 Å². The van der Waals surface area contributed by atoms with Gasteiger partial charge < -0.3 is 15.4 Å². The Kier molecular flexibility index (Phi) is 5.22. The molecular weight excluding hydrogens is 252 g/mol. The van der Waals surface area contributed by atoms with Gasteiger partial charge in [-0.25, -0.2) is 0 Å². The number of methoxy groups -OCH3 is 1. The minimum atomic E-state index is 0.632. The summed E-state index contributed by atoms with van der Waals surface area (Å²) in [5, 5.41) is 8.94. The van der Waals surface area contributed by atoms with E-state index in [1.807, 2.05) is 12.1 Å². The lowest BCUT2D eigenvalue weighted by atomic mass is 10.1. The molecular formula is C15H22N4O. The first-order chi connectivity index (χ1) is 9.78. The topological polar surface area (TPSA) is 65.5 Å². The van der Waals surface area contributed by atoms with Crippen LogP contribution in [0.3, 0.4) is 0 Å². The minimum absolute atomic E-state index is 0.632. The number of benzene rings is 1.